The van der Waals surface area contributed by atoms with Crippen LogP contribution in [0.1, 0.15) is 34.1 Å². The molecular weight excluding hydrogens is 332 g/mol. The number of rotatable bonds is 7. The quantitative estimate of drug-likeness (QED) is 0.627. The zero-order valence-corrected chi connectivity index (χ0v) is 15.1. The van der Waals surface area contributed by atoms with E-state index in [0.29, 0.717) is 48.1 Å². The van der Waals surface area contributed by atoms with Gasteiger partial charge in [0.05, 0.1) is 12.2 Å². The minimum absolute atomic E-state index is 0.0800. The first kappa shape index (κ1) is 17.8. The molecule has 136 valence electrons. The fraction of sp³-hybridized carbons (Fsp3) is 0.333. The largest absolute Gasteiger partial charge is 0.492 e. The average Bonchev–Trinajstić information content (AvgIpc) is 3.24. The third-order valence-corrected chi connectivity index (χ3v) is 4.11. The molecule has 0 saturated heterocycles. The Morgan fingerprint density at radius 1 is 1.35 bits per heavy atom. The number of ketones is 1. The fourth-order valence-corrected chi connectivity index (χ4v) is 2.84. The first-order valence-corrected chi connectivity index (χ1v) is 8.50. The second-order valence-corrected chi connectivity index (χ2v) is 5.92. The monoisotopic (exact) mass is 354 g/mol. The van der Waals surface area contributed by atoms with Crippen LogP contribution in [0.25, 0.3) is 11.5 Å². The number of aromatic nitrogens is 5. The third-order valence-electron chi connectivity index (χ3n) is 4.11. The lowest BCUT2D eigenvalue weighted by Crippen LogP contribution is -2.11. The molecule has 0 radical (unpaired) electrons. The van der Waals surface area contributed by atoms with E-state index in [9.17, 15) is 4.79 Å². The number of ether oxygens (including phenoxy) is 1. The van der Waals surface area contributed by atoms with Gasteiger partial charge in [-0.1, -0.05) is 12.1 Å². The molecule has 3 aromatic rings. The molecule has 0 aliphatic carbocycles. The molecule has 0 saturated carbocycles. The summed E-state index contributed by atoms with van der Waals surface area (Å²) in [7, 11) is 0. The molecule has 0 fully saturated rings. The van der Waals surface area contributed by atoms with Crippen molar-refractivity contribution in [2.75, 3.05) is 13.2 Å². The SMILES string of the molecule is CCn1nnc(-c2[nH]c(C)c(C(=O)c3cccc(OCCN)c3)c2C)n1. The second-order valence-electron chi connectivity index (χ2n) is 5.92. The maximum atomic E-state index is 13.1. The normalized spacial score (nSPS) is 10.9. The van der Waals surface area contributed by atoms with Crippen LogP contribution in [0.2, 0.25) is 0 Å². The molecule has 0 spiro atoms. The van der Waals surface area contributed by atoms with E-state index in [1.807, 2.05) is 26.8 Å². The van der Waals surface area contributed by atoms with Gasteiger partial charge in [-0.15, -0.1) is 10.2 Å². The van der Waals surface area contributed by atoms with Crippen molar-refractivity contribution >= 4 is 5.78 Å². The summed E-state index contributed by atoms with van der Waals surface area (Å²) < 4.78 is 5.52. The minimum Gasteiger partial charge on any atom is -0.492 e. The number of aromatic amines is 1. The maximum Gasteiger partial charge on any atom is 0.221 e. The van der Waals surface area contributed by atoms with E-state index in [2.05, 4.69) is 20.4 Å². The van der Waals surface area contributed by atoms with Gasteiger partial charge in [0.2, 0.25) is 5.82 Å². The predicted molar refractivity (Wildman–Crippen MR) is 97.2 cm³/mol. The molecule has 0 aliphatic rings. The van der Waals surface area contributed by atoms with Crippen LogP contribution in [0.5, 0.6) is 5.75 Å². The van der Waals surface area contributed by atoms with Crippen LogP contribution in [0.4, 0.5) is 0 Å². The molecule has 2 heterocycles. The Bertz CT molecular complexity index is 928. The van der Waals surface area contributed by atoms with E-state index in [1.54, 1.807) is 18.2 Å². The maximum absolute atomic E-state index is 13.1. The van der Waals surface area contributed by atoms with Crippen LogP contribution in [0.15, 0.2) is 24.3 Å². The van der Waals surface area contributed by atoms with E-state index in [1.165, 1.54) is 4.80 Å². The first-order valence-electron chi connectivity index (χ1n) is 8.50. The number of nitrogens with two attached hydrogens (primary N) is 1. The van der Waals surface area contributed by atoms with Gasteiger partial charge in [0.1, 0.15) is 12.4 Å². The zero-order chi connectivity index (χ0) is 18.7. The summed E-state index contributed by atoms with van der Waals surface area (Å²) in [6.45, 7) is 7.14. The van der Waals surface area contributed by atoms with Crippen molar-refractivity contribution in [3.63, 3.8) is 0 Å². The first-order chi connectivity index (χ1) is 12.5. The third kappa shape index (κ3) is 3.36. The van der Waals surface area contributed by atoms with Gasteiger partial charge in [-0.3, -0.25) is 4.79 Å². The molecular formula is C18H22N6O2. The van der Waals surface area contributed by atoms with E-state index < -0.39 is 0 Å². The molecule has 0 atom stereocenters. The Morgan fingerprint density at radius 2 is 2.15 bits per heavy atom. The summed E-state index contributed by atoms with van der Waals surface area (Å²) in [5.74, 6) is 1.02. The number of aryl methyl sites for hydroxylation is 2. The summed E-state index contributed by atoms with van der Waals surface area (Å²) >= 11 is 0. The number of carbonyl (C=O) groups excluding carboxylic acids is 1. The minimum atomic E-state index is -0.0800. The van der Waals surface area contributed by atoms with Crippen molar-refractivity contribution in [3.05, 3.63) is 46.6 Å². The summed E-state index contributed by atoms with van der Waals surface area (Å²) in [4.78, 5) is 17.8. The fourth-order valence-electron chi connectivity index (χ4n) is 2.84. The summed E-state index contributed by atoms with van der Waals surface area (Å²) in [5.41, 5.74) is 8.91. The number of carbonyl (C=O) groups is 1. The molecule has 2 aromatic heterocycles. The van der Waals surface area contributed by atoms with Crippen LogP contribution in [0, 0.1) is 13.8 Å². The molecule has 0 unspecified atom stereocenters. The predicted octanol–water partition coefficient (Wildman–Crippen LogP) is 1.87. The van der Waals surface area contributed by atoms with Crippen LogP contribution in [0.3, 0.4) is 0 Å². The van der Waals surface area contributed by atoms with Gasteiger partial charge in [-0.25, -0.2) is 0 Å². The molecule has 3 rings (SSSR count). The Labute approximate surface area is 151 Å². The highest BCUT2D eigenvalue weighted by atomic mass is 16.5. The van der Waals surface area contributed by atoms with Gasteiger partial charge in [0.25, 0.3) is 0 Å². The van der Waals surface area contributed by atoms with E-state index >= 15 is 0 Å². The Morgan fingerprint density at radius 3 is 2.85 bits per heavy atom. The number of hydrogen-bond donors (Lipinski definition) is 2. The number of tetrazole rings is 1. The number of nitrogens with one attached hydrogen (secondary N) is 1. The van der Waals surface area contributed by atoms with Gasteiger partial charge in [0, 0.05) is 23.4 Å². The van der Waals surface area contributed by atoms with Crippen molar-refractivity contribution in [2.24, 2.45) is 5.73 Å². The van der Waals surface area contributed by atoms with E-state index in [0.717, 1.165) is 11.3 Å². The lowest BCUT2D eigenvalue weighted by atomic mass is 9.99. The molecule has 8 heteroatoms. The highest BCUT2D eigenvalue weighted by Crippen LogP contribution is 2.27. The lowest BCUT2D eigenvalue weighted by Gasteiger charge is -2.07. The standard InChI is InChI=1S/C18H22N6O2/c1-4-24-22-18(21-23-24)16-11(2)15(12(3)20-16)17(25)13-6-5-7-14(10-13)26-9-8-19/h5-7,10,20H,4,8-9,19H2,1-3H3. The lowest BCUT2D eigenvalue weighted by molar-refractivity contribution is 0.103. The molecule has 0 aliphatic heterocycles. The molecule has 0 amide bonds. The van der Waals surface area contributed by atoms with Crippen LogP contribution in [-0.2, 0) is 6.54 Å². The molecule has 0 bridgehead atoms. The number of benzene rings is 1. The smallest absolute Gasteiger partial charge is 0.221 e. The van der Waals surface area contributed by atoms with Gasteiger partial charge < -0.3 is 15.5 Å². The number of H-pyrrole nitrogens is 1. The van der Waals surface area contributed by atoms with Crippen molar-refractivity contribution in [2.45, 2.75) is 27.3 Å². The molecule has 8 nitrogen and oxygen atoms in total. The van der Waals surface area contributed by atoms with Crippen molar-refractivity contribution in [1.29, 1.82) is 0 Å². The highest BCUT2D eigenvalue weighted by Gasteiger charge is 2.22. The van der Waals surface area contributed by atoms with Crippen LogP contribution >= 0.6 is 0 Å². The number of nitrogens with zero attached hydrogens (tertiary/aromatic N) is 4. The van der Waals surface area contributed by atoms with Crippen molar-refractivity contribution in [3.8, 4) is 17.3 Å². The molecule has 1 aromatic carbocycles. The van der Waals surface area contributed by atoms with Gasteiger partial charge in [-0.2, -0.15) is 4.80 Å². The Balaban J connectivity index is 1.95. The molecule has 3 N–H and O–H groups in total. The second kappa shape index (κ2) is 7.49. The summed E-state index contributed by atoms with van der Waals surface area (Å²) in [6.07, 6.45) is 0. The zero-order valence-electron chi connectivity index (χ0n) is 15.1. The average molecular weight is 354 g/mol. The molecule has 26 heavy (non-hydrogen) atoms. The Hall–Kier alpha value is -3.00. The van der Waals surface area contributed by atoms with Gasteiger partial charge in [-0.05, 0) is 43.7 Å². The van der Waals surface area contributed by atoms with Crippen molar-refractivity contribution in [1.82, 2.24) is 25.2 Å². The van der Waals surface area contributed by atoms with Crippen LogP contribution < -0.4 is 10.5 Å². The summed E-state index contributed by atoms with van der Waals surface area (Å²) in [6, 6.07) is 7.11. The van der Waals surface area contributed by atoms with E-state index in [-0.39, 0.29) is 5.78 Å². The summed E-state index contributed by atoms with van der Waals surface area (Å²) in [5, 5.41) is 12.4. The van der Waals surface area contributed by atoms with E-state index in [4.69, 9.17) is 10.5 Å². The Kier molecular flexibility index (Phi) is 5.13. The number of hydrogen-bond acceptors (Lipinski definition) is 6. The van der Waals surface area contributed by atoms with Crippen molar-refractivity contribution < 1.29 is 9.53 Å². The van der Waals surface area contributed by atoms with Gasteiger partial charge >= 0.3 is 0 Å². The van der Waals surface area contributed by atoms with Crippen LogP contribution in [-0.4, -0.2) is 44.1 Å². The topological polar surface area (TPSA) is 112 Å². The highest BCUT2D eigenvalue weighted by molar-refractivity contribution is 6.11. The van der Waals surface area contributed by atoms with Gasteiger partial charge in [0.15, 0.2) is 5.78 Å².